The van der Waals surface area contributed by atoms with Crippen molar-refractivity contribution in [1.29, 1.82) is 0 Å². The smallest absolute Gasteiger partial charge is 0.335 e. The zero-order valence-electron chi connectivity index (χ0n) is 21.6. The van der Waals surface area contributed by atoms with Crippen molar-refractivity contribution in [2.75, 3.05) is 6.61 Å². The van der Waals surface area contributed by atoms with E-state index < -0.39 is 17.6 Å². The van der Waals surface area contributed by atoms with Gasteiger partial charge < -0.3 is 19.1 Å². The first-order chi connectivity index (χ1) is 19.3. The minimum absolute atomic E-state index is 0.00649. The lowest BCUT2D eigenvalue weighted by molar-refractivity contribution is -0.0589. The molecule has 1 fully saturated rings. The third kappa shape index (κ3) is 5.15. The normalized spacial score (nSPS) is 14.8. The van der Waals surface area contributed by atoms with Crippen molar-refractivity contribution in [3.05, 3.63) is 95.1 Å². The molecule has 40 heavy (non-hydrogen) atoms. The van der Waals surface area contributed by atoms with E-state index in [4.69, 9.17) is 9.47 Å². The minimum atomic E-state index is -1.06. The standard InChI is InChI=1S/C29H25F2N5O4/c1-35-9-7-19(34-35)16-40-28-4-2-3-24(33-28)21-14-22(30)18(11-23(21)31)13-27-32-25-6-5-17(29(37)38)12-26(25)36(27)15-20-8-10-39-20/h2-7,9,11-12,14,20H,8,10,13,15-16H2,1H3,(H,37,38). The molecular weight excluding hydrogens is 520 g/mol. The fourth-order valence-electron chi connectivity index (χ4n) is 4.70. The Balaban J connectivity index is 1.28. The summed E-state index contributed by atoms with van der Waals surface area (Å²) in [5, 5.41) is 13.7. The molecule has 0 saturated carbocycles. The average molecular weight is 546 g/mol. The van der Waals surface area contributed by atoms with Gasteiger partial charge in [0.25, 0.3) is 0 Å². The lowest BCUT2D eigenvalue weighted by atomic mass is 10.0. The predicted molar refractivity (Wildman–Crippen MR) is 141 cm³/mol. The number of carboxylic acid groups (broad SMARTS) is 1. The third-order valence-electron chi connectivity index (χ3n) is 6.87. The van der Waals surface area contributed by atoms with E-state index in [1.165, 1.54) is 6.07 Å². The fraction of sp³-hybridized carbons (Fsp3) is 0.241. The van der Waals surface area contributed by atoms with Crippen LogP contribution in [-0.2, 0) is 31.4 Å². The van der Waals surface area contributed by atoms with Crippen LogP contribution >= 0.6 is 0 Å². The number of carbonyl (C=O) groups is 1. The molecule has 0 radical (unpaired) electrons. The Labute approximate surface area is 227 Å². The molecule has 9 nitrogen and oxygen atoms in total. The van der Waals surface area contributed by atoms with Crippen LogP contribution in [0.15, 0.2) is 60.8 Å². The van der Waals surface area contributed by atoms with Crippen LogP contribution in [-0.4, -0.2) is 48.1 Å². The number of halogens is 2. The molecule has 4 heterocycles. The third-order valence-corrected chi connectivity index (χ3v) is 6.87. The highest BCUT2D eigenvalue weighted by Gasteiger charge is 2.23. The summed E-state index contributed by atoms with van der Waals surface area (Å²) in [7, 11) is 1.80. The maximum absolute atomic E-state index is 15.4. The maximum Gasteiger partial charge on any atom is 0.335 e. The van der Waals surface area contributed by atoms with Crippen LogP contribution in [0.2, 0.25) is 0 Å². The molecular formula is C29H25F2N5O4. The molecule has 0 aliphatic carbocycles. The van der Waals surface area contributed by atoms with E-state index in [-0.39, 0.29) is 47.4 Å². The molecule has 0 amide bonds. The molecule has 0 spiro atoms. The SMILES string of the molecule is Cn1ccc(COc2cccc(-c3cc(F)c(Cc4nc5ccc(C(=O)O)cc5n4CC4CCO4)cc3F)n2)n1. The van der Waals surface area contributed by atoms with E-state index in [2.05, 4.69) is 15.1 Å². The number of benzene rings is 2. The number of carboxylic acids is 1. The summed E-state index contributed by atoms with van der Waals surface area (Å²) in [4.78, 5) is 20.5. The van der Waals surface area contributed by atoms with Crippen LogP contribution in [0.5, 0.6) is 5.88 Å². The van der Waals surface area contributed by atoms with Crippen LogP contribution in [0.3, 0.4) is 0 Å². The second kappa shape index (κ2) is 10.5. The Hall–Kier alpha value is -4.64. The monoisotopic (exact) mass is 545 g/mol. The molecule has 1 aliphatic heterocycles. The molecule has 1 N–H and O–H groups in total. The summed E-state index contributed by atoms with van der Waals surface area (Å²) in [6, 6.07) is 13.6. The van der Waals surface area contributed by atoms with Crippen molar-refractivity contribution < 1.29 is 28.2 Å². The second-order valence-electron chi connectivity index (χ2n) is 9.66. The highest BCUT2D eigenvalue weighted by molar-refractivity contribution is 5.92. The molecule has 6 rings (SSSR count). The van der Waals surface area contributed by atoms with Crippen LogP contribution < -0.4 is 4.74 Å². The van der Waals surface area contributed by atoms with Gasteiger partial charge in [-0.1, -0.05) is 6.07 Å². The summed E-state index contributed by atoms with van der Waals surface area (Å²) >= 11 is 0. The van der Waals surface area contributed by atoms with Gasteiger partial charge in [0.05, 0.1) is 40.6 Å². The number of ether oxygens (including phenoxy) is 2. The van der Waals surface area contributed by atoms with E-state index in [9.17, 15) is 9.90 Å². The predicted octanol–water partition coefficient (Wildman–Crippen LogP) is 4.77. The highest BCUT2D eigenvalue weighted by Crippen LogP contribution is 2.29. The number of pyridine rings is 1. The van der Waals surface area contributed by atoms with Crippen LogP contribution in [0.25, 0.3) is 22.3 Å². The first-order valence-corrected chi connectivity index (χ1v) is 12.7. The molecule has 1 atom stereocenters. The lowest BCUT2D eigenvalue weighted by Gasteiger charge is -2.27. The molecule has 1 aliphatic rings. The van der Waals surface area contributed by atoms with Crippen LogP contribution in [0.1, 0.15) is 33.9 Å². The number of imidazole rings is 1. The first kappa shape index (κ1) is 25.6. The molecule has 1 saturated heterocycles. The molecule has 3 aromatic heterocycles. The van der Waals surface area contributed by atoms with Crippen molar-refractivity contribution in [3.63, 3.8) is 0 Å². The summed E-state index contributed by atoms with van der Waals surface area (Å²) in [5.41, 5.74) is 2.37. The average Bonchev–Trinajstić information content (AvgIpc) is 3.49. The van der Waals surface area contributed by atoms with Crippen molar-refractivity contribution in [2.24, 2.45) is 7.05 Å². The van der Waals surface area contributed by atoms with Crippen molar-refractivity contribution >= 4 is 17.0 Å². The number of aromatic nitrogens is 5. The van der Waals surface area contributed by atoms with E-state index >= 15 is 8.78 Å². The number of hydrogen-bond donors (Lipinski definition) is 1. The number of rotatable bonds is 9. The summed E-state index contributed by atoms with van der Waals surface area (Å²) in [6.07, 6.45) is 2.61. The van der Waals surface area contributed by atoms with Gasteiger partial charge in [-0.3, -0.25) is 4.68 Å². The number of aromatic carboxylic acids is 1. The van der Waals surface area contributed by atoms with Crippen LogP contribution in [0, 0.1) is 11.6 Å². The van der Waals surface area contributed by atoms with Gasteiger partial charge in [0.2, 0.25) is 5.88 Å². The van der Waals surface area contributed by atoms with Gasteiger partial charge in [0.1, 0.15) is 24.1 Å². The zero-order valence-corrected chi connectivity index (χ0v) is 21.6. The van der Waals surface area contributed by atoms with E-state index in [0.29, 0.717) is 35.7 Å². The van der Waals surface area contributed by atoms with E-state index in [0.717, 1.165) is 18.6 Å². The maximum atomic E-state index is 15.4. The number of hydrogen-bond acceptors (Lipinski definition) is 6. The Morgan fingerprint density at radius 1 is 1.12 bits per heavy atom. The minimum Gasteiger partial charge on any atom is -0.478 e. The van der Waals surface area contributed by atoms with Crippen molar-refractivity contribution in [1.82, 2.24) is 24.3 Å². The molecule has 1 unspecified atom stereocenters. The quantitative estimate of drug-likeness (QED) is 0.285. The Bertz CT molecular complexity index is 1730. The van der Waals surface area contributed by atoms with Gasteiger partial charge >= 0.3 is 5.97 Å². The van der Waals surface area contributed by atoms with E-state index in [1.54, 1.807) is 48.3 Å². The van der Waals surface area contributed by atoms with Crippen molar-refractivity contribution in [3.8, 4) is 17.1 Å². The molecule has 5 aromatic rings. The zero-order chi connectivity index (χ0) is 27.8. The van der Waals surface area contributed by atoms with Gasteiger partial charge in [0.15, 0.2) is 0 Å². The largest absolute Gasteiger partial charge is 0.478 e. The van der Waals surface area contributed by atoms with Gasteiger partial charge in [-0.15, -0.1) is 0 Å². The number of aryl methyl sites for hydroxylation is 1. The van der Waals surface area contributed by atoms with Crippen molar-refractivity contribution in [2.45, 2.75) is 32.1 Å². The van der Waals surface area contributed by atoms with Gasteiger partial charge in [-0.2, -0.15) is 5.10 Å². The van der Waals surface area contributed by atoms with Gasteiger partial charge in [-0.05, 0) is 54.4 Å². The first-order valence-electron chi connectivity index (χ1n) is 12.7. The van der Waals surface area contributed by atoms with Crippen LogP contribution in [0.4, 0.5) is 8.78 Å². The summed E-state index contributed by atoms with van der Waals surface area (Å²) < 4.78 is 45.5. The Morgan fingerprint density at radius 3 is 2.70 bits per heavy atom. The summed E-state index contributed by atoms with van der Waals surface area (Å²) in [6.45, 7) is 1.28. The van der Waals surface area contributed by atoms with Gasteiger partial charge in [-0.25, -0.2) is 23.5 Å². The second-order valence-corrected chi connectivity index (χ2v) is 9.66. The topological polar surface area (TPSA) is 104 Å². The molecule has 11 heteroatoms. The molecule has 204 valence electrons. The summed E-state index contributed by atoms with van der Waals surface area (Å²) in [5.74, 6) is -1.55. The molecule has 2 aromatic carbocycles. The highest BCUT2D eigenvalue weighted by atomic mass is 19.1. The van der Waals surface area contributed by atoms with Gasteiger partial charge in [0, 0.05) is 37.9 Å². The number of fused-ring (bicyclic) bond motifs is 1. The fourth-order valence-corrected chi connectivity index (χ4v) is 4.70. The number of nitrogens with zero attached hydrogens (tertiary/aromatic N) is 5. The Kier molecular flexibility index (Phi) is 6.72. The van der Waals surface area contributed by atoms with E-state index in [1.807, 2.05) is 10.6 Å². The lowest BCUT2D eigenvalue weighted by Crippen LogP contribution is -2.31. The molecule has 0 bridgehead atoms. The Morgan fingerprint density at radius 2 is 1.98 bits per heavy atom.